The van der Waals surface area contributed by atoms with Gasteiger partial charge >= 0.3 is 0 Å². The third-order valence-corrected chi connectivity index (χ3v) is 4.93. The lowest BCUT2D eigenvalue weighted by atomic mass is 10.1. The summed E-state index contributed by atoms with van der Waals surface area (Å²) in [5.41, 5.74) is 2.34. The molecule has 1 aromatic heterocycles. The van der Waals surface area contributed by atoms with Crippen LogP contribution >= 0.6 is 0 Å². The first-order valence-corrected chi connectivity index (χ1v) is 8.89. The number of hydrogen-bond acceptors (Lipinski definition) is 4. The van der Waals surface area contributed by atoms with Crippen LogP contribution in [-0.4, -0.2) is 47.7 Å². The summed E-state index contributed by atoms with van der Waals surface area (Å²) in [5.74, 6) is 1.41. The number of rotatable bonds is 4. The normalized spacial score (nSPS) is 15.6. The highest BCUT2D eigenvalue weighted by molar-refractivity contribution is 5.80. The highest BCUT2D eigenvalue weighted by Gasteiger charge is 2.18. The maximum Gasteiger partial charge on any atom is 0.129 e. The Balaban J connectivity index is 1.33. The van der Waals surface area contributed by atoms with Crippen molar-refractivity contribution in [2.45, 2.75) is 6.42 Å². The molecule has 1 aliphatic heterocycles. The number of aromatic hydroxyl groups is 1. The molecule has 0 radical (unpaired) electrons. The predicted molar refractivity (Wildman–Crippen MR) is 102 cm³/mol. The zero-order valence-corrected chi connectivity index (χ0v) is 14.3. The fraction of sp³-hybridized carbons (Fsp3) is 0.286. The van der Waals surface area contributed by atoms with E-state index < -0.39 is 0 Å². The van der Waals surface area contributed by atoms with Crippen LogP contribution in [-0.2, 0) is 6.42 Å². The van der Waals surface area contributed by atoms with E-state index in [0.29, 0.717) is 5.75 Å². The first-order chi connectivity index (χ1) is 12.3. The summed E-state index contributed by atoms with van der Waals surface area (Å²) >= 11 is 0. The van der Waals surface area contributed by atoms with Crippen LogP contribution in [0, 0.1) is 0 Å². The van der Waals surface area contributed by atoms with E-state index in [4.69, 9.17) is 4.98 Å². The number of phenols is 1. The molecule has 0 bridgehead atoms. The number of fused-ring (bicyclic) bond motifs is 1. The van der Waals surface area contributed by atoms with E-state index in [-0.39, 0.29) is 0 Å². The molecule has 128 valence electrons. The number of benzene rings is 2. The molecule has 0 amide bonds. The second kappa shape index (κ2) is 7.11. The van der Waals surface area contributed by atoms with Gasteiger partial charge in [-0.2, -0.15) is 0 Å². The van der Waals surface area contributed by atoms with Gasteiger partial charge in [-0.25, -0.2) is 4.98 Å². The third-order valence-electron chi connectivity index (χ3n) is 4.93. The lowest BCUT2D eigenvalue weighted by Gasteiger charge is -2.35. The van der Waals surface area contributed by atoms with Crippen molar-refractivity contribution in [3.05, 3.63) is 66.2 Å². The van der Waals surface area contributed by atoms with Crippen molar-refractivity contribution in [2.24, 2.45) is 0 Å². The van der Waals surface area contributed by atoms with Crippen molar-refractivity contribution in [2.75, 3.05) is 37.6 Å². The van der Waals surface area contributed by atoms with Crippen LogP contribution in [0.15, 0.2) is 60.7 Å². The first-order valence-electron chi connectivity index (χ1n) is 8.89. The number of para-hydroxylation sites is 1. The Morgan fingerprint density at radius 1 is 0.840 bits per heavy atom. The van der Waals surface area contributed by atoms with E-state index in [0.717, 1.165) is 50.5 Å². The summed E-state index contributed by atoms with van der Waals surface area (Å²) < 4.78 is 0. The lowest BCUT2D eigenvalue weighted by molar-refractivity contribution is 0.260. The molecule has 0 unspecified atom stereocenters. The number of nitrogens with zero attached hydrogens (tertiary/aromatic N) is 3. The fourth-order valence-corrected chi connectivity index (χ4v) is 3.38. The van der Waals surface area contributed by atoms with Gasteiger partial charge in [-0.3, -0.25) is 4.90 Å². The van der Waals surface area contributed by atoms with Crippen molar-refractivity contribution in [3.8, 4) is 5.75 Å². The number of phenolic OH excluding ortho intramolecular Hbond substituents is 1. The maximum absolute atomic E-state index is 9.36. The summed E-state index contributed by atoms with van der Waals surface area (Å²) in [7, 11) is 0. The molecule has 2 aromatic carbocycles. The Morgan fingerprint density at radius 2 is 1.60 bits per heavy atom. The van der Waals surface area contributed by atoms with Gasteiger partial charge < -0.3 is 10.0 Å². The van der Waals surface area contributed by atoms with Gasteiger partial charge in [0.1, 0.15) is 11.6 Å². The molecule has 2 heterocycles. The molecule has 1 fully saturated rings. The Kier molecular flexibility index (Phi) is 4.53. The molecule has 4 heteroatoms. The highest BCUT2D eigenvalue weighted by atomic mass is 16.3. The van der Waals surface area contributed by atoms with E-state index in [1.165, 1.54) is 10.9 Å². The van der Waals surface area contributed by atoms with E-state index in [1.807, 2.05) is 18.2 Å². The number of hydrogen-bond donors (Lipinski definition) is 1. The van der Waals surface area contributed by atoms with Crippen molar-refractivity contribution < 1.29 is 5.11 Å². The van der Waals surface area contributed by atoms with Gasteiger partial charge in [0.15, 0.2) is 0 Å². The zero-order valence-electron chi connectivity index (χ0n) is 14.3. The topological polar surface area (TPSA) is 39.6 Å². The molecule has 0 spiro atoms. The molecular formula is C21H23N3O. The number of piperazine rings is 1. The molecule has 25 heavy (non-hydrogen) atoms. The zero-order chi connectivity index (χ0) is 17.1. The Bertz CT molecular complexity index is 839. The van der Waals surface area contributed by atoms with Gasteiger partial charge in [0, 0.05) is 38.1 Å². The molecule has 0 atom stereocenters. The minimum absolute atomic E-state index is 0.334. The Labute approximate surface area is 148 Å². The summed E-state index contributed by atoms with van der Waals surface area (Å²) in [4.78, 5) is 9.69. The minimum atomic E-state index is 0.334. The SMILES string of the molecule is Oc1ccc(CCN2CCN(c3ccc4ccccc4n3)CC2)cc1. The average molecular weight is 333 g/mol. The van der Waals surface area contributed by atoms with Gasteiger partial charge in [-0.05, 0) is 42.3 Å². The summed E-state index contributed by atoms with van der Waals surface area (Å²) in [5, 5.41) is 10.5. The van der Waals surface area contributed by atoms with E-state index in [2.05, 4.69) is 40.1 Å². The molecule has 0 saturated carbocycles. The van der Waals surface area contributed by atoms with Crippen LogP contribution < -0.4 is 4.90 Å². The number of pyridine rings is 1. The molecule has 3 aromatic rings. The first kappa shape index (κ1) is 15.9. The highest BCUT2D eigenvalue weighted by Crippen LogP contribution is 2.19. The molecule has 1 aliphatic rings. The van der Waals surface area contributed by atoms with Gasteiger partial charge in [-0.15, -0.1) is 0 Å². The molecule has 1 N–H and O–H groups in total. The van der Waals surface area contributed by atoms with E-state index in [1.54, 1.807) is 12.1 Å². The van der Waals surface area contributed by atoms with Crippen LogP contribution in [0.25, 0.3) is 10.9 Å². The molecule has 0 aliphatic carbocycles. The van der Waals surface area contributed by atoms with Crippen LogP contribution in [0.4, 0.5) is 5.82 Å². The largest absolute Gasteiger partial charge is 0.508 e. The quantitative estimate of drug-likeness (QED) is 0.795. The van der Waals surface area contributed by atoms with Gasteiger partial charge in [-0.1, -0.05) is 30.3 Å². The standard InChI is InChI=1S/C21H23N3O/c25-19-8-5-17(6-9-19)11-12-23-13-15-24(16-14-23)21-10-7-18-3-1-2-4-20(18)22-21/h1-10,25H,11-16H2. The number of aromatic nitrogens is 1. The fourth-order valence-electron chi connectivity index (χ4n) is 3.38. The summed E-state index contributed by atoms with van der Waals surface area (Å²) in [6.45, 7) is 5.21. The number of anilines is 1. The summed E-state index contributed by atoms with van der Waals surface area (Å²) in [6.07, 6.45) is 1.02. The minimum Gasteiger partial charge on any atom is -0.508 e. The smallest absolute Gasteiger partial charge is 0.129 e. The second-order valence-electron chi connectivity index (χ2n) is 6.61. The van der Waals surface area contributed by atoms with Crippen LogP contribution in [0.2, 0.25) is 0 Å². The third kappa shape index (κ3) is 3.74. The predicted octanol–water partition coefficient (Wildman–Crippen LogP) is 3.31. The van der Waals surface area contributed by atoms with Crippen molar-refractivity contribution in [1.82, 2.24) is 9.88 Å². The monoisotopic (exact) mass is 333 g/mol. The van der Waals surface area contributed by atoms with Crippen molar-refractivity contribution in [3.63, 3.8) is 0 Å². The van der Waals surface area contributed by atoms with Crippen LogP contribution in [0.1, 0.15) is 5.56 Å². The van der Waals surface area contributed by atoms with Crippen LogP contribution in [0.5, 0.6) is 5.75 Å². The van der Waals surface area contributed by atoms with Crippen molar-refractivity contribution in [1.29, 1.82) is 0 Å². The second-order valence-corrected chi connectivity index (χ2v) is 6.61. The Morgan fingerprint density at radius 3 is 2.40 bits per heavy atom. The van der Waals surface area contributed by atoms with Crippen LogP contribution in [0.3, 0.4) is 0 Å². The average Bonchev–Trinajstić information content (AvgIpc) is 2.68. The van der Waals surface area contributed by atoms with Crippen molar-refractivity contribution >= 4 is 16.7 Å². The lowest BCUT2D eigenvalue weighted by Crippen LogP contribution is -2.47. The molecular weight excluding hydrogens is 310 g/mol. The Hall–Kier alpha value is -2.59. The van der Waals surface area contributed by atoms with E-state index >= 15 is 0 Å². The van der Waals surface area contributed by atoms with Gasteiger partial charge in [0.05, 0.1) is 5.52 Å². The van der Waals surface area contributed by atoms with Gasteiger partial charge in [0.2, 0.25) is 0 Å². The maximum atomic E-state index is 9.36. The molecule has 1 saturated heterocycles. The van der Waals surface area contributed by atoms with E-state index in [9.17, 15) is 5.11 Å². The van der Waals surface area contributed by atoms with Gasteiger partial charge in [0.25, 0.3) is 0 Å². The molecule has 4 nitrogen and oxygen atoms in total. The molecule has 4 rings (SSSR count). The summed E-state index contributed by atoms with van der Waals surface area (Å²) in [6, 6.07) is 20.1.